The van der Waals surface area contributed by atoms with Gasteiger partial charge in [0.15, 0.2) is 0 Å². The van der Waals surface area contributed by atoms with Crippen LogP contribution in [0.2, 0.25) is 0 Å². The smallest absolute Gasteiger partial charge is 0.222 e. The molecule has 0 aromatic heterocycles. The number of piperidine rings is 1. The van der Waals surface area contributed by atoms with Crippen molar-refractivity contribution < 1.29 is 9.90 Å². The molecule has 4 nitrogen and oxygen atoms in total. The van der Waals surface area contributed by atoms with Crippen LogP contribution in [0.5, 0.6) is 0 Å². The first kappa shape index (κ1) is 14.3. The average molecular weight is 327 g/mol. The minimum Gasteiger partial charge on any atom is -0.389 e. The van der Waals surface area contributed by atoms with Gasteiger partial charge in [0, 0.05) is 23.2 Å². The van der Waals surface area contributed by atoms with Gasteiger partial charge in [-0.15, -0.1) is 0 Å². The number of benzene rings is 1. The molecule has 1 fully saturated rings. The normalized spacial score (nSPS) is 21.2. The van der Waals surface area contributed by atoms with E-state index in [1.165, 1.54) is 0 Å². The molecule has 2 atom stereocenters. The topological polar surface area (TPSA) is 66.6 Å². The van der Waals surface area contributed by atoms with Gasteiger partial charge in [-0.05, 0) is 37.5 Å². The van der Waals surface area contributed by atoms with Gasteiger partial charge in [-0.1, -0.05) is 22.0 Å². The van der Waals surface area contributed by atoms with Crippen LogP contribution in [0.3, 0.4) is 0 Å². The summed E-state index contributed by atoms with van der Waals surface area (Å²) in [7, 11) is 0. The van der Waals surface area contributed by atoms with E-state index in [-0.39, 0.29) is 11.8 Å². The first-order chi connectivity index (χ1) is 8.99. The molecule has 3 N–H and O–H groups in total. The van der Waals surface area contributed by atoms with Crippen LogP contribution in [0.1, 0.15) is 31.4 Å². The van der Waals surface area contributed by atoms with Crippen molar-refractivity contribution in [2.24, 2.45) is 11.7 Å². The monoisotopic (exact) mass is 326 g/mol. The Hall–Kier alpha value is -1.07. The highest BCUT2D eigenvalue weighted by Gasteiger charge is 2.24. The third-order valence-electron chi connectivity index (χ3n) is 3.62. The van der Waals surface area contributed by atoms with Crippen molar-refractivity contribution >= 4 is 27.5 Å². The molecule has 0 saturated carbocycles. The fourth-order valence-electron chi connectivity index (χ4n) is 2.50. The zero-order valence-electron chi connectivity index (χ0n) is 11.0. The number of nitrogens with zero attached hydrogens (tertiary/aromatic N) is 1. The molecule has 1 aromatic carbocycles. The van der Waals surface area contributed by atoms with E-state index >= 15 is 0 Å². The van der Waals surface area contributed by atoms with E-state index in [1.54, 1.807) is 6.92 Å². The number of halogens is 1. The van der Waals surface area contributed by atoms with E-state index in [2.05, 4.69) is 20.8 Å². The number of carbonyl (C=O) groups excluding carboxylic acids is 1. The molecule has 1 aliphatic heterocycles. The minimum absolute atomic E-state index is 0.0658. The number of anilines is 1. The van der Waals surface area contributed by atoms with Crippen molar-refractivity contribution in [3.05, 3.63) is 28.2 Å². The molecule has 1 amide bonds. The van der Waals surface area contributed by atoms with Crippen molar-refractivity contribution in [2.45, 2.75) is 25.9 Å². The number of amides is 1. The molecule has 1 heterocycles. The third-order valence-corrected chi connectivity index (χ3v) is 4.31. The molecular weight excluding hydrogens is 308 g/mol. The van der Waals surface area contributed by atoms with Gasteiger partial charge in [0.1, 0.15) is 0 Å². The summed E-state index contributed by atoms with van der Waals surface area (Å²) in [5.74, 6) is -0.284. The van der Waals surface area contributed by atoms with Crippen LogP contribution in [0.4, 0.5) is 5.69 Å². The van der Waals surface area contributed by atoms with Crippen LogP contribution < -0.4 is 10.6 Å². The number of hydrogen-bond acceptors (Lipinski definition) is 3. The summed E-state index contributed by atoms with van der Waals surface area (Å²) in [6, 6.07) is 5.89. The molecule has 19 heavy (non-hydrogen) atoms. The largest absolute Gasteiger partial charge is 0.389 e. The first-order valence-corrected chi connectivity index (χ1v) is 7.30. The van der Waals surface area contributed by atoms with Gasteiger partial charge in [-0.2, -0.15) is 0 Å². The van der Waals surface area contributed by atoms with Crippen molar-refractivity contribution in [2.75, 3.05) is 18.0 Å². The summed E-state index contributed by atoms with van der Waals surface area (Å²) < 4.78 is 0.890. The Morgan fingerprint density at radius 2 is 2.32 bits per heavy atom. The van der Waals surface area contributed by atoms with Crippen LogP contribution >= 0.6 is 15.9 Å². The molecular formula is C14H19BrN2O2. The molecule has 1 aromatic rings. The predicted octanol–water partition coefficient (Wildman–Crippen LogP) is 2.20. The molecule has 104 valence electrons. The molecule has 0 aliphatic carbocycles. The lowest BCUT2D eigenvalue weighted by molar-refractivity contribution is -0.122. The number of carbonyl (C=O) groups is 1. The SMILES string of the molecule is C[C@H](O)c1ccc(N2CCCC(C(N)=O)C2)cc1Br. The average Bonchev–Trinajstić information content (AvgIpc) is 2.38. The van der Waals surface area contributed by atoms with Crippen LogP contribution in [0.15, 0.2) is 22.7 Å². The standard InChI is InChI=1S/C14H19BrN2O2/c1-9(18)12-5-4-11(7-13(12)15)17-6-2-3-10(8-17)14(16)19/h4-5,7,9-10,18H,2-3,6,8H2,1H3,(H2,16,19)/t9-,10?/m0/s1. The van der Waals surface area contributed by atoms with Gasteiger partial charge in [0.2, 0.25) is 5.91 Å². The summed E-state index contributed by atoms with van der Waals surface area (Å²) in [6.07, 6.45) is 1.35. The Labute approximate surface area is 121 Å². The second-order valence-corrected chi connectivity index (χ2v) is 5.92. The quantitative estimate of drug-likeness (QED) is 0.894. The van der Waals surface area contributed by atoms with E-state index in [9.17, 15) is 9.90 Å². The highest BCUT2D eigenvalue weighted by molar-refractivity contribution is 9.10. The van der Waals surface area contributed by atoms with Crippen molar-refractivity contribution in [3.63, 3.8) is 0 Å². The Morgan fingerprint density at radius 3 is 2.89 bits per heavy atom. The fraction of sp³-hybridized carbons (Fsp3) is 0.500. The Bertz CT molecular complexity index is 477. The van der Waals surface area contributed by atoms with Gasteiger partial charge >= 0.3 is 0 Å². The molecule has 5 heteroatoms. The summed E-state index contributed by atoms with van der Waals surface area (Å²) >= 11 is 3.48. The summed E-state index contributed by atoms with van der Waals surface area (Å²) in [5, 5.41) is 9.62. The number of aliphatic hydroxyl groups is 1. The third kappa shape index (κ3) is 3.28. The predicted molar refractivity (Wildman–Crippen MR) is 78.9 cm³/mol. The Balaban J connectivity index is 2.18. The fourth-order valence-corrected chi connectivity index (χ4v) is 3.19. The van der Waals surface area contributed by atoms with Gasteiger partial charge < -0.3 is 15.7 Å². The van der Waals surface area contributed by atoms with Crippen molar-refractivity contribution in [1.29, 1.82) is 0 Å². The van der Waals surface area contributed by atoms with Crippen LogP contribution in [0.25, 0.3) is 0 Å². The molecule has 1 unspecified atom stereocenters. The zero-order chi connectivity index (χ0) is 14.0. The van der Waals surface area contributed by atoms with E-state index < -0.39 is 6.10 Å². The zero-order valence-corrected chi connectivity index (χ0v) is 12.6. The maximum atomic E-state index is 11.3. The number of aliphatic hydroxyl groups excluding tert-OH is 1. The molecule has 1 aliphatic rings. The highest BCUT2D eigenvalue weighted by Crippen LogP contribution is 2.30. The maximum absolute atomic E-state index is 11.3. The molecule has 0 radical (unpaired) electrons. The number of hydrogen-bond donors (Lipinski definition) is 2. The van der Waals surface area contributed by atoms with Gasteiger partial charge in [0.05, 0.1) is 12.0 Å². The summed E-state index contributed by atoms with van der Waals surface area (Å²) in [6.45, 7) is 3.35. The van der Waals surface area contributed by atoms with Gasteiger partial charge in [-0.25, -0.2) is 0 Å². The summed E-state index contributed by atoms with van der Waals surface area (Å²) in [5.41, 5.74) is 7.32. The van der Waals surface area contributed by atoms with Crippen LogP contribution in [0, 0.1) is 5.92 Å². The molecule has 0 spiro atoms. The van der Waals surface area contributed by atoms with E-state index in [1.807, 2.05) is 18.2 Å². The number of nitrogens with two attached hydrogens (primary N) is 1. The lowest BCUT2D eigenvalue weighted by atomic mass is 9.97. The van der Waals surface area contributed by atoms with Crippen molar-refractivity contribution in [1.82, 2.24) is 0 Å². The maximum Gasteiger partial charge on any atom is 0.222 e. The molecule has 0 bridgehead atoms. The van der Waals surface area contributed by atoms with Gasteiger partial charge in [0.25, 0.3) is 0 Å². The first-order valence-electron chi connectivity index (χ1n) is 6.51. The number of primary amides is 1. The lowest BCUT2D eigenvalue weighted by Gasteiger charge is -2.33. The lowest BCUT2D eigenvalue weighted by Crippen LogP contribution is -2.41. The van der Waals surface area contributed by atoms with E-state index in [4.69, 9.17) is 5.73 Å². The minimum atomic E-state index is -0.497. The summed E-state index contributed by atoms with van der Waals surface area (Å²) in [4.78, 5) is 13.5. The van der Waals surface area contributed by atoms with Crippen LogP contribution in [-0.4, -0.2) is 24.1 Å². The highest BCUT2D eigenvalue weighted by atomic mass is 79.9. The second kappa shape index (κ2) is 5.92. The van der Waals surface area contributed by atoms with Crippen LogP contribution in [-0.2, 0) is 4.79 Å². The number of rotatable bonds is 3. The van der Waals surface area contributed by atoms with Crippen molar-refractivity contribution in [3.8, 4) is 0 Å². The van der Waals surface area contributed by atoms with Gasteiger partial charge in [-0.3, -0.25) is 4.79 Å². The second-order valence-electron chi connectivity index (χ2n) is 5.07. The Morgan fingerprint density at radius 1 is 1.58 bits per heavy atom. The molecule has 1 saturated heterocycles. The Kier molecular flexibility index (Phi) is 4.47. The van der Waals surface area contributed by atoms with E-state index in [0.717, 1.165) is 35.1 Å². The molecule has 2 rings (SSSR count). The van der Waals surface area contributed by atoms with E-state index in [0.29, 0.717) is 6.54 Å².